The second kappa shape index (κ2) is 7.06. The van der Waals surface area contributed by atoms with Gasteiger partial charge in [-0.3, -0.25) is 4.79 Å². The van der Waals surface area contributed by atoms with Crippen molar-refractivity contribution in [1.82, 2.24) is 8.61 Å². The first-order valence-electron chi connectivity index (χ1n) is 6.38. The molecule has 0 aromatic heterocycles. The van der Waals surface area contributed by atoms with E-state index in [1.54, 1.807) is 0 Å². The second-order valence-corrected chi connectivity index (χ2v) is 6.68. The molecular weight excluding hydrogens is 256 g/mol. The highest BCUT2D eigenvalue weighted by Gasteiger charge is 2.26. The monoisotopic (exact) mass is 278 g/mol. The third-order valence-electron chi connectivity index (χ3n) is 3.18. The van der Waals surface area contributed by atoms with Gasteiger partial charge < -0.3 is 5.11 Å². The Bertz CT molecular complexity index is 361. The average molecular weight is 278 g/mol. The standard InChI is InChI=1S/C11H22N2O4S/c1-12(10-7-11(14)15)18(16,17)13-8-5-3-2-4-6-9-13/h2-10H2,1H3,(H,14,15). The van der Waals surface area contributed by atoms with Crippen molar-refractivity contribution in [2.75, 3.05) is 26.7 Å². The first kappa shape index (κ1) is 15.4. The molecule has 18 heavy (non-hydrogen) atoms. The highest BCUT2D eigenvalue weighted by Crippen LogP contribution is 2.15. The summed E-state index contributed by atoms with van der Waals surface area (Å²) in [4.78, 5) is 10.5. The number of nitrogens with zero attached hydrogens (tertiary/aromatic N) is 2. The van der Waals surface area contributed by atoms with Gasteiger partial charge in [-0.25, -0.2) is 0 Å². The highest BCUT2D eigenvalue weighted by molar-refractivity contribution is 7.86. The Morgan fingerprint density at radius 2 is 1.67 bits per heavy atom. The Morgan fingerprint density at radius 1 is 1.17 bits per heavy atom. The molecule has 1 aliphatic heterocycles. The van der Waals surface area contributed by atoms with Gasteiger partial charge in [-0.05, 0) is 12.8 Å². The topological polar surface area (TPSA) is 77.9 Å². The van der Waals surface area contributed by atoms with E-state index in [4.69, 9.17) is 5.11 Å². The number of carbonyl (C=O) groups is 1. The molecule has 1 aliphatic rings. The molecule has 0 bridgehead atoms. The van der Waals surface area contributed by atoms with Crippen LogP contribution in [0, 0.1) is 0 Å². The van der Waals surface area contributed by atoms with Gasteiger partial charge in [-0.1, -0.05) is 19.3 Å². The third kappa shape index (κ3) is 4.55. The summed E-state index contributed by atoms with van der Waals surface area (Å²) in [5.74, 6) is -0.982. The maximum atomic E-state index is 12.2. The van der Waals surface area contributed by atoms with Crippen molar-refractivity contribution < 1.29 is 18.3 Å². The SMILES string of the molecule is CN(CCC(=O)O)S(=O)(=O)N1CCCCCCC1. The summed E-state index contributed by atoms with van der Waals surface area (Å²) >= 11 is 0. The Balaban J connectivity index is 2.61. The summed E-state index contributed by atoms with van der Waals surface area (Å²) in [5, 5.41) is 8.59. The lowest BCUT2D eigenvalue weighted by Gasteiger charge is -2.28. The number of carboxylic acid groups (broad SMARTS) is 1. The van der Waals surface area contributed by atoms with Crippen LogP contribution in [0.5, 0.6) is 0 Å². The highest BCUT2D eigenvalue weighted by atomic mass is 32.2. The Hall–Kier alpha value is -0.660. The van der Waals surface area contributed by atoms with Crippen molar-refractivity contribution in [3.05, 3.63) is 0 Å². The van der Waals surface area contributed by atoms with Gasteiger partial charge in [0.25, 0.3) is 10.2 Å². The van der Waals surface area contributed by atoms with Crippen molar-refractivity contribution >= 4 is 16.2 Å². The fourth-order valence-corrected chi connectivity index (χ4v) is 3.45. The van der Waals surface area contributed by atoms with Crippen molar-refractivity contribution in [1.29, 1.82) is 0 Å². The van der Waals surface area contributed by atoms with Gasteiger partial charge in [0.05, 0.1) is 6.42 Å². The molecule has 0 spiro atoms. The van der Waals surface area contributed by atoms with Crippen molar-refractivity contribution in [2.24, 2.45) is 0 Å². The lowest BCUT2D eigenvalue weighted by atomic mass is 10.1. The summed E-state index contributed by atoms with van der Waals surface area (Å²) in [6.07, 6.45) is 4.89. The van der Waals surface area contributed by atoms with Crippen LogP contribution in [-0.2, 0) is 15.0 Å². The molecule has 0 atom stereocenters. The van der Waals surface area contributed by atoms with Gasteiger partial charge in [0.15, 0.2) is 0 Å². The summed E-state index contributed by atoms with van der Waals surface area (Å²) in [7, 11) is -2.05. The zero-order valence-corrected chi connectivity index (χ0v) is 11.7. The lowest BCUT2D eigenvalue weighted by molar-refractivity contribution is -0.137. The van der Waals surface area contributed by atoms with Crippen LogP contribution in [0.15, 0.2) is 0 Å². The summed E-state index contributed by atoms with van der Waals surface area (Å²) in [6.45, 7) is 1.10. The molecule has 0 aromatic carbocycles. The number of rotatable bonds is 5. The van der Waals surface area contributed by atoms with Crippen LogP contribution in [-0.4, -0.2) is 54.8 Å². The molecule has 1 saturated heterocycles. The van der Waals surface area contributed by atoms with E-state index in [9.17, 15) is 13.2 Å². The number of hydrogen-bond donors (Lipinski definition) is 1. The average Bonchev–Trinajstić information content (AvgIpc) is 2.24. The zero-order valence-electron chi connectivity index (χ0n) is 10.8. The van der Waals surface area contributed by atoms with Gasteiger partial charge in [-0.15, -0.1) is 0 Å². The fraction of sp³-hybridized carbons (Fsp3) is 0.909. The molecule has 0 aromatic rings. The normalized spacial score (nSPS) is 19.4. The molecule has 7 heteroatoms. The van der Waals surface area contributed by atoms with E-state index in [-0.39, 0.29) is 13.0 Å². The molecule has 1 rings (SSSR count). The number of hydrogen-bond acceptors (Lipinski definition) is 3. The quantitative estimate of drug-likeness (QED) is 0.810. The van der Waals surface area contributed by atoms with Crippen molar-refractivity contribution in [2.45, 2.75) is 38.5 Å². The third-order valence-corrected chi connectivity index (χ3v) is 5.16. The Morgan fingerprint density at radius 3 is 2.17 bits per heavy atom. The predicted octanol–water partition coefficient (Wildman–Crippen LogP) is 0.904. The largest absolute Gasteiger partial charge is 0.481 e. The van der Waals surface area contributed by atoms with Crippen LogP contribution in [0.4, 0.5) is 0 Å². The van der Waals surface area contributed by atoms with Crippen molar-refractivity contribution in [3.63, 3.8) is 0 Å². The van der Waals surface area contributed by atoms with Crippen LogP contribution in [0.3, 0.4) is 0 Å². The van der Waals surface area contributed by atoms with E-state index in [0.29, 0.717) is 13.1 Å². The predicted molar refractivity (Wildman–Crippen MR) is 68.5 cm³/mol. The molecule has 1 N–H and O–H groups in total. The molecule has 106 valence electrons. The van der Waals surface area contributed by atoms with Crippen LogP contribution in [0.2, 0.25) is 0 Å². The van der Waals surface area contributed by atoms with E-state index in [0.717, 1.165) is 30.0 Å². The van der Waals surface area contributed by atoms with E-state index in [1.807, 2.05) is 0 Å². The molecule has 6 nitrogen and oxygen atoms in total. The van der Waals surface area contributed by atoms with Gasteiger partial charge in [0.2, 0.25) is 0 Å². The summed E-state index contributed by atoms with van der Waals surface area (Å²) in [6, 6.07) is 0. The minimum atomic E-state index is -3.49. The minimum absolute atomic E-state index is 0.0220. The lowest BCUT2D eigenvalue weighted by Crippen LogP contribution is -2.43. The van der Waals surface area contributed by atoms with Gasteiger partial charge in [0, 0.05) is 26.7 Å². The molecular formula is C11H22N2O4S. The summed E-state index contributed by atoms with van der Waals surface area (Å²) < 4.78 is 27.1. The number of aliphatic carboxylic acids is 1. The molecule has 0 aliphatic carbocycles. The summed E-state index contributed by atoms with van der Waals surface area (Å²) in [5.41, 5.74) is 0. The van der Waals surface area contributed by atoms with Crippen LogP contribution >= 0.6 is 0 Å². The molecule has 0 saturated carbocycles. The number of carboxylic acids is 1. The van der Waals surface area contributed by atoms with E-state index >= 15 is 0 Å². The van der Waals surface area contributed by atoms with Crippen LogP contribution < -0.4 is 0 Å². The maximum Gasteiger partial charge on any atom is 0.304 e. The molecule has 1 heterocycles. The first-order valence-corrected chi connectivity index (χ1v) is 7.77. The minimum Gasteiger partial charge on any atom is -0.481 e. The van der Waals surface area contributed by atoms with Crippen LogP contribution in [0.25, 0.3) is 0 Å². The Kier molecular flexibility index (Phi) is 6.04. The van der Waals surface area contributed by atoms with Gasteiger partial charge >= 0.3 is 5.97 Å². The first-order chi connectivity index (χ1) is 8.44. The fourth-order valence-electron chi connectivity index (χ4n) is 2.01. The van der Waals surface area contributed by atoms with E-state index < -0.39 is 16.2 Å². The second-order valence-electron chi connectivity index (χ2n) is 4.64. The maximum absolute atomic E-state index is 12.2. The Labute approximate surface area is 109 Å². The van der Waals surface area contributed by atoms with Crippen molar-refractivity contribution in [3.8, 4) is 0 Å². The van der Waals surface area contributed by atoms with Crippen LogP contribution in [0.1, 0.15) is 38.5 Å². The molecule has 1 fully saturated rings. The molecule has 0 radical (unpaired) electrons. The van der Waals surface area contributed by atoms with E-state index in [1.165, 1.54) is 17.8 Å². The van der Waals surface area contributed by atoms with Gasteiger partial charge in [0.1, 0.15) is 0 Å². The smallest absolute Gasteiger partial charge is 0.304 e. The van der Waals surface area contributed by atoms with E-state index in [2.05, 4.69) is 0 Å². The van der Waals surface area contributed by atoms with Gasteiger partial charge in [-0.2, -0.15) is 17.0 Å². The molecule has 0 unspecified atom stereocenters. The molecule has 0 amide bonds. The zero-order chi connectivity index (χ0) is 13.6.